The molecule has 0 bridgehead atoms. The average molecular weight is 749 g/mol. The van der Waals surface area contributed by atoms with Gasteiger partial charge in [0, 0.05) is 33.7 Å². The molecule has 2 heteroatoms. The van der Waals surface area contributed by atoms with Crippen LogP contribution >= 0.6 is 0 Å². The summed E-state index contributed by atoms with van der Waals surface area (Å²) < 4.78 is 4.78. The molecular weight excluding hydrogens is 713 g/mol. The largest absolute Gasteiger partial charge is 0.315 e. The lowest BCUT2D eigenvalue weighted by atomic mass is 9.70. The minimum atomic E-state index is -0.365. The Morgan fingerprint density at radius 1 is 0.322 bits per heavy atom. The van der Waals surface area contributed by atoms with Gasteiger partial charge in [0.05, 0.1) is 22.0 Å². The summed E-state index contributed by atoms with van der Waals surface area (Å²) in [6.45, 7) is 0. The van der Waals surface area contributed by atoms with Gasteiger partial charge in [-0.3, -0.25) is 0 Å². The van der Waals surface area contributed by atoms with E-state index in [4.69, 9.17) is 0 Å². The molecule has 11 aromatic rings. The van der Waals surface area contributed by atoms with E-state index in [0.717, 1.165) is 11.4 Å². The summed E-state index contributed by atoms with van der Waals surface area (Å²) in [7, 11) is 0. The highest BCUT2D eigenvalue weighted by molar-refractivity contribution is 6.19. The highest BCUT2D eigenvalue weighted by atomic mass is 15.0. The van der Waals surface area contributed by atoms with Crippen molar-refractivity contribution in [2.45, 2.75) is 5.41 Å². The molecule has 1 spiro atoms. The summed E-state index contributed by atoms with van der Waals surface area (Å²) in [6, 6.07) is 78.7. The second-order valence-corrected chi connectivity index (χ2v) is 16.1. The number of benzene rings is 9. The van der Waals surface area contributed by atoms with Gasteiger partial charge in [0.15, 0.2) is 0 Å². The fraction of sp³-hybridized carbons (Fsp3) is 0.0175. The normalized spacial score (nSPS) is 13.2. The Morgan fingerprint density at radius 2 is 0.864 bits per heavy atom. The van der Waals surface area contributed by atoms with Crippen LogP contribution in [0.3, 0.4) is 0 Å². The number of para-hydroxylation sites is 2. The van der Waals surface area contributed by atoms with Gasteiger partial charge in [0.25, 0.3) is 0 Å². The van der Waals surface area contributed by atoms with Crippen LogP contribution in [0, 0.1) is 0 Å². The lowest BCUT2D eigenvalue weighted by molar-refractivity contribution is 0.794. The maximum absolute atomic E-state index is 2.48. The summed E-state index contributed by atoms with van der Waals surface area (Å²) in [4.78, 5) is 0. The number of hydrogen-bond donors (Lipinski definition) is 0. The zero-order chi connectivity index (χ0) is 38.7. The average Bonchev–Trinajstić information content (AvgIpc) is 4.05. The van der Waals surface area contributed by atoms with Crippen molar-refractivity contribution < 1.29 is 0 Å². The molecule has 2 aliphatic rings. The predicted octanol–water partition coefficient (Wildman–Crippen LogP) is 14.4. The molecule has 0 radical (unpaired) electrons. The molecule has 0 unspecified atom stereocenters. The van der Waals surface area contributed by atoms with Gasteiger partial charge in [-0.2, -0.15) is 0 Å². The Kier molecular flexibility index (Phi) is 6.68. The first-order chi connectivity index (χ1) is 29.3. The minimum absolute atomic E-state index is 0.365. The zero-order valence-electron chi connectivity index (χ0n) is 32.2. The van der Waals surface area contributed by atoms with E-state index in [9.17, 15) is 0 Å². The third-order valence-electron chi connectivity index (χ3n) is 13.2. The SMILES string of the molecule is c1ccc(-n2ccc3ccc4c5cc(-c6cccc(-c7ccc8c(c7)C7(c9ccccc9-c9ccccc97)c7ccccc7-8)c6)ccc5n(-c5ccccc5)c4c32)cc1. The molecular formula is C57H36N2. The van der Waals surface area contributed by atoms with Crippen LogP contribution < -0.4 is 0 Å². The van der Waals surface area contributed by atoms with Gasteiger partial charge in [0.1, 0.15) is 0 Å². The maximum atomic E-state index is 2.48. The van der Waals surface area contributed by atoms with Crippen molar-refractivity contribution in [2.24, 2.45) is 0 Å². The number of fused-ring (bicyclic) bond motifs is 15. The van der Waals surface area contributed by atoms with E-state index in [-0.39, 0.29) is 5.41 Å². The zero-order valence-corrected chi connectivity index (χ0v) is 32.2. The van der Waals surface area contributed by atoms with Crippen LogP contribution in [-0.2, 0) is 5.41 Å². The molecule has 0 saturated carbocycles. The molecule has 274 valence electrons. The topological polar surface area (TPSA) is 9.86 Å². The van der Waals surface area contributed by atoms with Crippen LogP contribution in [0.1, 0.15) is 22.3 Å². The van der Waals surface area contributed by atoms with Crippen molar-refractivity contribution in [1.29, 1.82) is 0 Å². The van der Waals surface area contributed by atoms with E-state index in [1.165, 1.54) is 99.5 Å². The summed E-state index contributed by atoms with van der Waals surface area (Å²) in [5.41, 5.74) is 21.2. The van der Waals surface area contributed by atoms with Crippen molar-refractivity contribution in [1.82, 2.24) is 9.13 Å². The lowest BCUT2D eigenvalue weighted by Crippen LogP contribution is -2.25. The van der Waals surface area contributed by atoms with Gasteiger partial charge in [-0.15, -0.1) is 0 Å². The predicted molar refractivity (Wildman–Crippen MR) is 245 cm³/mol. The molecule has 9 aromatic carbocycles. The molecule has 0 fully saturated rings. The molecule has 2 aromatic heterocycles. The van der Waals surface area contributed by atoms with E-state index in [1.807, 2.05) is 0 Å². The number of aromatic nitrogens is 2. The number of rotatable bonds is 4. The molecule has 59 heavy (non-hydrogen) atoms. The minimum Gasteiger partial charge on any atom is -0.315 e. The Bertz CT molecular complexity index is 3430. The van der Waals surface area contributed by atoms with E-state index in [0.29, 0.717) is 0 Å². The Labute approximate surface area is 342 Å². The first-order valence-electron chi connectivity index (χ1n) is 20.5. The standard InChI is InChI=1S/C57H36N2/c1-3-16-42(17-4-1)58-33-32-37-26-30-48-49-35-40(28-31-54(49)59(56(48)55(37)58)43-18-5-2-6-19-43)38-14-13-15-39(34-38)41-27-29-47-46-22-9-12-25-52(46)57(53(47)36-41)50-23-10-7-20-44(50)45-21-8-11-24-51(45)57/h1-36H. The molecule has 0 amide bonds. The second kappa shape index (κ2) is 12.2. The van der Waals surface area contributed by atoms with Crippen molar-refractivity contribution in [3.8, 4) is 55.9 Å². The fourth-order valence-electron chi connectivity index (χ4n) is 10.7. The van der Waals surface area contributed by atoms with Gasteiger partial charge in [-0.1, -0.05) is 158 Å². The van der Waals surface area contributed by atoms with Crippen LogP contribution in [0.5, 0.6) is 0 Å². The lowest BCUT2D eigenvalue weighted by Gasteiger charge is -2.30. The van der Waals surface area contributed by atoms with Gasteiger partial charge in [0.2, 0.25) is 0 Å². The quantitative estimate of drug-likeness (QED) is 0.170. The van der Waals surface area contributed by atoms with Gasteiger partial charge in [-0.05, 0) is 121 Å². The molecule has 13 rings (SSSR count). The molecule has 0 N–H and O–H groups in total. The third-order valence-corrected chi connectivity index (χ3v) is 13.2. The maximum Gasteiger partial charge on any atom is 0.0788 e. The van der Waals surface area contributed by atoms with Crippen LogP contribution in [0.2, 0.25) is 0 Å². The Hall–Kier alpha value is -7.68. The third kappa shape index (κ3) is 4.40. The van der Waals surface area contributed by atoms with E-state index >= 15 is 0 Å². The van der Waals surface area contributed by atoms with Gasteiger partial charge < -0.3 is 9.13 Å². The van der Waals surface area contributed by atoms with Crippen LogP contribution in [0.4, 0.5) is 0 Å². The van der Waals surface area contributed by atoms with E-state index < -0.39 is 0 Å². The van der Waals surface area contributed by atoms with Crippen molar-refractivity contribution >= 4 is 32.7 Å². The molecule has 0 atom stereocenters. The molecule has 2 aliphatic carbocycles. The first kappa shape index (κ1) is 32.4. The van der Waals surface area contributed by atoms with Crippen LogP contribution in [0.25, 0.3) is 88.6 Å². The molecule has 2 heterocycles. The number of hydrogen-bond acceptors (Lipinski definition) is 0. The summed E-state index contributed by atoms with van der Waals surface area (Å²) in [6.07, 6.45) is 2.20. The smallest absolute Gasteiger partial charge is 0.0788 e. The Balaban J connectivity index is 0.991. The molecule has 0 saturated heterocycles. The fourth-order valence-corrected chi connectivity index (χ4v) is 10.7. The second-order valence-electron chi connectivity index (χ2n) is 16.1. The van der Waals surface area contributed by atoms with E-state index in [1.54, 1.807) is 0 Å². The number of nitrogens with zero attached hydrogens (tertiary/aromatic N) is 2. The highest BCUT2D eigenvalue weighted by Gasteiger charge is 2.51. The molecule has 0 aliphatic heterocycles. The summed E-state index contributed by atoms with van der Waals surface area (Å²) >= 11 is 0. The van der Waals surface area contributed by atoms with Crippen molar-refractivity contribution in [3.63, 3.8) is 0 Å². The highest BCUT2D eigenvalue weighted by Crippen LogP contribution is 2.63. The van der Waals surface area contributed by atoms with Crippen molar-refractivity contribution in [2.75, 3.05) is 0 Å². The first-order valence-corrected chi connectivity index (χ1v) is 20.5. The Morgan fingerprint density at radius 3 is 1.53 bits per heavy atom. The van der Waals surface area contributed by atoms with Crippen LogP contribution in [-0.4, -0.2) is 9.13 Å². The van der Waals surface area contributed by atoms with E-state index in [2.05, 4.69) is 228 Å². The van der Waals surface area contributed by atoms with Crippen LogP contribution in [0.15, 0.2) is 219 Å². The summed E-state index contributed by atoms with van der Waals surface area (Å²) in [5, 5.41) is 3.70. The van der Waals surface area contributed by atoms with Gasteiger partial charge in [-0.25, -0.2) is 0 Å². The monoisotopic (exact) mass is 748 g/mol. The summed E-state index contributed by atoms with van der Waals surface area (Å²) in [5.74, 6) is 0. The van der Waals surface area contributed by atoms with Crippen molar-refractivity contribution in [3.05, 3.63) is 241 Å². The molecule has 2 nitrogen and oxygen atoms in total. The van der Waals surface area contributed by atoms with Gasteiger partial charge >= 0.3 is 0 Å².